The van der Waals surface area contributed by atoms with Crippen molar-refractivity contribution in [1.82, 2.24) is 10.1 Å². The monoisotopic (exact) mass is 345 g/mol. The van der Waals surface area contributed by atoms with Crippen molar-refractivity contribution in [3.63, 3.8) is 0 Å². The number of hydrogen-bond donors (Lipinski definition) is 1. The summed E-state index contributed by atoms with van der Waals surface area (Å²) in [7, 11) is 0. The molecule has 1 amide bonds. The average Bonchev–Trinajstić information content (AvgIpc) is 3.04. The fraction of sp³-hybridized carbons (Fsp3) is 0.0625. The molecule has 0 fully saturated rings. The lowest BCUT2D eigenvalue weighted by Gasteiger charge is -2.05. The van der Waals surface area contributed by atoms with E-state index < -0.39 is 0 Å². The van der Waals surface area contributed by atoms with Gasteiger partial charge >= 0.3 is 0 Å². The van der Waals surface area contributed by atoms with E-state index in [1.54, 1.807) is 36.7 Å². The van der Waals surface area contributed by atoms with Crippen LogP contribution in [0.3, 0.4) is 0 Å². The van der Waals surface area contributed by atoms with Gasteiger partial charge in [-0.1, -0.05) is 16.8 Å². The number of hydrogen-bond acceptors (Lipinski definition) is 5. The highest BCUT2D eigenvalue weighted by Gasteiger charge is 2.14. The maximum atomic E-state index is 12.3. The van der Waals surface area contributed by atoms with Crippen molar-refractivity contribution in [3.8, 4) is 11.3 Å². The Morgan fingerprint density at radius 3 is 2.91 bits per heavy atom. The lowest BCUT2D eigenvalue weighted by Crippen LogP contribution is -2.12. The number of carbonyl (C=O) groups is 1. The van der Waals surface area contributed by atoms with E-state index in [4.69, 9.17) is 16.1 Å². The first-order valence-electron chi connectivity index (χ1n) is 6.69. The summed E-state index contributed by atoms with van der Waals surface area (Å²) in [5.41, 5.74) is 1.79. The van der Waals surface area contributed by atoms with Gasteiger partial charge in [0, 0.05) is 28.9 Å². The van der Waals surface area contributed by atoms with Crippen LogP contribution in [0.25, 0.3) is 11.3 Å². The first-order chi connectivity index (χ1) is 11.2. The Morgan fingerprint density at radius 2 is 2.17 bits per heavy atom. The van der Waals surface area contributed by atoms with Crippen LogP contribution < -0.4 is 5.32 Å². The van der Waals surface area contributed by atoms with Crippen LogP contribution in [0.5, 0.6) is 0 Å². The van der Waals surface area contributed by atoms with Crippen LogP contribution in [0.4, 0.5) is 5.88 Å². The molecule has 0 aliphatic heterocycles. The summed E-state index contributed by atoms with van der Waals surface area (Å²) in [6.45, 7) is 0. The van der Waals surface area contributed by atoms with Crippen LogP contribution in [-0.2, 0) is 0 Å². The zero-order valence-electron chi connectivity index (χ0n) is 12.1. The summed E-state index contributed by atoms with van der Waals surface area (Å²) in [4.78, 5) is 17.3. The quantitative estimate of drug-likeness (QED) is 0.711. The number of anilines is 1. The number of aromatic nitrogens is 2. The van der Waals surface area contributed by atoms with Crippen molar-refractivity contribution in [2.24, 2.45) is 0 Å². The van der Waals surface area contributed by atoms with Crippen LogP contribution in [0.15, 0.2) is 58.2 Å². The van der Waals surface area contributed by atoms with Crippen molar-refractivity contribution in [2.45, 2.75) is 4.90 Å². The van der Waals surface area contributed by atoms with Crippen LogP contribution in [0.1, 0.15) is 10.4 Å². The molecular formula is C16H12ClN3O2S. The molecule has 0 bridgehead atoms. The minimum absolute atomic E-state index is 0.250. The van der Waals surface area contributed by atoms with E-state index in [9.17, 15) is 4.79 Å². The molecule has 7 heteroatoms. The van der Waals surface area contributed by atoms with Gasteiger partial charge in [-0.15, -0.1) is 11.8 Å². The number of pyridine rings is 1. The lowest BCUT2D eigenvalue weighted by molar-refractivity contribution is 0.102. The highest BCUT2D eigenvalue weighted by molar-refractivity contribution is 7.98. The van der Waals surface area contributed by atoms with Crippen molar-refractivity contribution in [2.75, 3.05) is 11.6 Å². The summed E-state index contributed by atoms with van der Waals surface area (Å²) in [5.74, 6) is -0.0979. The molecule has 3 rings (SSSR count). The highest BCUT2D eigenvalue weighted by Crippen LogP contribution is 2.25. The number of thioether (sulfide) groups is 1. The maximum absolute atomic E-state index is 12.3. The molecule has 0 aliphatic rings. The van der Waals surface area contributed by atoms with E-state index in [1.807, 2.05) is 18.4 Å². The van der Waals surface area contributed by atoms with E-state index in [0.29, 0.717) is 16.3 Å². The maximum Gasteiger partial charge on any atom is 0.259 e. The molecule has 0 aliphatic carbocycles. The fourth-order valence-electron chi connectivity index (χ4n) is 1.97. The molecule has 2 heterocycles. The summed E-state index contributed by atoms with van der Waals surface area (Å²) in [6, 6.07) is 10.6. The predicted molar refractivity (Wildman–Crippen MR) is 90.9 cm³/mol. The molecule has 0 spiro atoms. The summed E-state index contributed by atoms with van der Waals surface area (Å²) in [5, 5.41) is 6.96. The first kappa shape index (κ1) is 15.6. The molecule has 116 valence electrons. The largest absolute Gasteiger partial charge is 0.338 e. The molecule has 23 heavy (non-hydrogen) atoms. The molecule has 5 nitrogen and oxygen atoms in total. The summed E-state index contributed by atoms with van der Waals surface area (Å²) in [6.07, 6.45) is 5.27. The zero-order valence-corrected chi connectivity index (χ0v) is 13.7. The Kier molecular flexibility index (Phi) is 4.64. The molecule has 0 saturated carbocycles. The highest BCUT2D eigenvalue weighted by atomic mass is 35.5. The van der Waals surface area contributed by atoms with Gasteiger partial charge in [0.2, 0.25) is 5.88 Å². The van der Waals surface area contributed by atoms with E-state index in [-0.39, 0.29) is 11.8 Å². The van der Waals surface area contributed by atoms with Gasteiger partial charge in [-0.3, -0.25) is 15.1 Å². The van der Waals surface area contributed by atoms with Crippen molar-refractivity contribution in [1.29, 1.82) is 0 Å². The predicted octanol–water partition coefficient (Wildman–Crippen LogP) is 4.36. The Labute approximate surface area is 142 Å². The minimum atomic E-state index is -0.347. The molecule has 0 radical (unpaired) electrons. The Bertz CT molecular complexity index is 836. The number of carbonyl (C=O) groups excluding carboxylic acids is 1. The number of nitrogens with zero attached hydrogens (tertiary/aromatic N) is 2. The van der Waals surface area contributed by atoms with Crippen molar-refractivity contribution < 1.29 is 9.32 Å². The topological polar surface area (TPSA) is 68.0 Å². The Hall–Kier alpha value is -2.31. The second-order valence-electron chi connectivity index (χ2n) is 4.62. The fourth-order valence-corrected chi connectivity index (χ4v) is 2.61. The molecule has 1 N–H and O–H groups in total. The standard InChI is InChI=1S/C16H12ClN3O2S/c1-23-11-4-5-13(17)12(7-11)16(21)19-15-8-14(20-22-15)10-3-2-6-18-9-10/h2-9H,1H3,(H,19,21). The third kappa shape index (κ3) is 3.55. The zero-order chi connectivity index (χ0) is 16.2. The van der Waals surface area contributed by atoms with Gasteiger partial charge in [-0.25, -0.2) is 0 Å². The number of rotatable bonds is 4. The van der Waals surface area contributed by atoms with Gasteiger partial charge in [-0.05, 0) is 36.6 Å². The van der Waals surface area contributed by atoms with E-state index in [2.05, 4.69) is 15.5 Å². The number of amides is 1. The molecule has 0 unspecified atom stereocenters. The van der Waals surface area contributed by atoms with E-state index in [1.165, 1.54) is 11.8 Å². The smallest absolute Gasteiger partial charge is 0.259 e. The van der Waals surface area contributed by atoms with Gasteiger partial charge in [0.15, 0.2) is 0 Å². The molecule has 2 aromatic heterocycles. The number of halogens is 1. The third-order valence-corrected chi connectivity index (χ3v) is 4.18. The van der Waals surface area contributed by atoms with Gasteiger partial charge in [0.25, 0.3) is 5.91 Å². The van der Waals surface area contributed by atoms with Crippen molar-refractivity contribution >= 4 is 35.2 Å². The summed E-state index contributed by atoms with van der Waals surface area (Å²) >= 11 is 7.63. The second kappa shape index (κ2) is 6.85. The first-order valence-corrected chi connectivity index (χ1v) is 8.29. The lowest BCUT2D eigenvalue weighted by atomic mass is 10.2. The molecule has 0 saturated heterocycles. The molecular weight excluding hydrogens is 334 g/mol. The van der Waals surface area contributed by atoms with Gasteiger partial charge in [0.1, 0.15) is 5.69 Å². The van der Waals surface area contributed by atoms with Crippen LogP contribution >= 0.6 is 23.4 Å². The Morgan fingerprint density at radius 1 is 1.30 bits per heavy atom. The van der Waals surface area contributed by atoms with Gasteiger partial charge in [-0.2, -0.15) is 0 Å². The minimum Gasteiger partial charge on any atom is -0.338 e. The van der Waals surface area contributed by atoms with Crippen LogP contribution in [-0.4, -0.2) is 22.3 Å². The molecule has 0 atom stereocenters. The normalized spacial score (nSPS) is 10.5. The molecule has 3 aromatic rings. The van der Waals surface area contributed by atoms with Crippen LogP contribution in [0.2, 0.25) is 5.02 Å². The van der Waals surface area contributed by atoms with Gasteiger partial charge in [0.05, 0.1) is 10.6 Å². The number of nitrogens with one attached hydrogen (secondary N) is 1. The second-order valence-corrected chi connectivity index (χ2v) is 5.90. The van der Waals surface area contributed by atoms with E-state index in [0.717, 1.165) is 10.5 Å². The van der Waals surface area contributed by atoms with Crippen molar-refractivity contribution in [3.05, 3.63) is 59.4 Å². The van der Waals surface area contributed by atoms with Crippen LogP contribution in [0, 0.1) is 0 Å². The van der Waals surface area contributed by atoms with E-state index >= 15 is 0 Å². The summed E-state index contributed by atoms with van der Waals surface area (Å²) < 4.78 is 5.15. The third-order valence-electron chi connectivity index (χ3n) is 3.12. The molecule has 1 aromatic carbocycles. The Balaban J connectivity index is 1.80. The van der Waals surface area contributed by atoms with Gasteiger partial charge < -0.3 is 4.52 Å². The average molecular weight is 346 g/mol. The number of benzene rings is 1. The SMILES string of the molecule is CSc1ccc(Cl)c(C(=O)Nc2cc(-c3cccnc3)no2)c1.